The number of aliphatic hydroxyl groups excluding tert-OH is 1. The number of hydrogen-bond donors (Lipinski definition) is 3. The molecule has 134 valence electrons. The maximum absolute atomic E-state index is 11.9. The van der Waals surface area contributed by atoms with Gasteiger partial charge in [0.1, 0.15) is 0 Å². The highest BCUT2D eigenvalue weighted by Gasteiger charge is 2.20. The standard InChI is InChI=1S/C19H31N3O2/c1-15-4-3-11-22(13-15)16(2)12-21-19(24)20-10-9-17-5-7-18(14-23)8-6-17/h5-8,15-16,23H,3-4,9-14H2,1-2H3,(H2,20,21,24). The van der Waals surface area contributed by atoms with Crippen molar-refractivity contribution in [2.75, 3.05) is 26.2 Å². The van der Waals surface area contributed by atoms with E-state index >= 15 is 0 Å². The molecule has 1 aliphatic rings. The van der Waals surface area contributed by atoms with E-state index in [2.05, 4.69) is 29.4 Å². The summed E-state index contributed by atoms with van der Waals surface area (Å²) in [5.74, 6) is 0.757. The molecule has 0 aliphatic carbocycles. The van der Waals surface area contributed by atoms with E-state index in [1.165, 1.54) is 12.8 Å². The highest BCUT2D eigenvalue weighted by molar-refractivity contribution is 5.73. The largest absolute Gasteiger partial charge is 0.392 e. The van der Waals surface area contributed by atoms with Crippen LogP contribution in [0.2, 0.25) is 0 Å². The third kappa shape index (κ3) is 6.13. The van der Waals surface area contributed by atoms with Crippen LogP contribution in [-0.2, 0) is 13.0 Å². The van der Waals surface area contributed by atoms with Crippen molar-refractivity contribution in [3.63, 3.8) is 0 Å². The van der Waals surface area contributed by atoms with Crippen molar-refractivity contribution in [2.45, 2.75) is 45.8 Å². The SMILES string of the molecule is CC1CCCN(C(C)CNC(=O)NCCc2ccc(CO)cc2)C1. The summed E-state index contributed by atoms with van der Waals surface area (Å²) in [4.78, 5) is 14.4. The fourth-order valence-electron chi connectivity index (χ4n) is 3.19. The molecule has 1 saturated heterocycles. The van der Waals surface area contributed by atoms with Crippen LogP contribution in [0, 0.1) is 5.92 Å². The van der Waals surface area contributed by atoms with Gasteiger partial charge in [-0.15, -0.1) is 0 Å². The van der Waals surface area contributed by atoms with Gasteiger partial charge < -0.3 is 15.7 Å². The number of rotatable bonds is 7. The number of aliphatic hydroxyl groups is 1. The van der Waals surface area contributed by atoms with E-state index in [0.717, 1.165) is 36.6 Å². The molecular formula is C19H31N3O2. The van der Waals surface area contributed by atoms with Gasteiger partial charge in [-0.2, -0.15) is 0 Å². The Morgan fingerprint density at radius 3 is 2.67 bits per heavy atom. The van der Waals surface area contributed by atoms with Crippen LogP contribution in [0.3, 0.4) is 0 Å². The lowest BCUT2D eigenvalue weighted by molar-refractivity contribution is 0.137. The molecule has 0 aromatic heterocycles. The zero-order valence-corrected chi connectivity index (χ0v) is 14.9. The fraction of sp³-hybridized carbons (Fsp3) is 0.632. The van der Waals surface area contributed by atoms with E-state index < -0.39 is 0 Å². The van der Waals surface area contributed by atoms with Gasteiger partial charge in [-0.25, -0.2) is 4.79 Å². The van der Waals surface area contributed by atoms with Gasteiger partial charge in [0, 0.05) is 25.7 Å². The maximum atomic E-state index is 11.9. The summed E-state index contributed by atoms with van der Waals surface area (Å²) >= 11 is 0. The third-order valence-corrected chi connectivity index (χ3v) is 4.77. The van der Waals surface area contributed by atoms with E-state index in [9.17, 15) is 4.79 Å². The van der Waals surface area contributed by atoms with Crippen LogP contribution in [0.5, 0.6) is 0 Å². The summed E-state index contributed by atoms with van der Waals surface area (Å²) in [6.07, 6.45) is 3.36. The summed E-state index contributed by atoms with van der Waals surface area (Å²) < 4.78 is 0. The summed E-state index contributed by atoms with van der Waals surface area (Å²) in [5, 5.41) is 14.9. The van der Waals surface area contributed by atoms with E-state index in [4.69, 9.17) is 5.11 Å². The highest BCUT2D eigenvalue weighted by Crippen LogP contribution is 2.17. The lowest BCUT2D eigenvalue weighted by atomic mass is 9.99. The van der Waals surface area contributed by atoms with E-state index in [-0.39, 0.29) is 12.6 Å². The lowest BCUT2D eigenvalue weighted by Gasteiger charge is -2.35. The summed E-state index contributed by atoms with van der Waals surface area (Å²) in [5.41, 5.74) is 2.06. The Balaban J connectivity index is 1.62. The first-order chi connectivity index (χ1) is 11.6. The molecule has 2 rings (SSSR count). The van der Waals surface area contributed by atoms with Crippen molar-refractivity contribution < 1.29 is 9.90 Å². The molecule has 24 heavy (non-hydrogen) atoms. The summed E-state index contributed by atoms with van der Waals surface area (Å²) in [6, 6.07) is 8.09. The third-order valence-electron chi connectivity index (χ3n) is 4.77. The van der Waals surface area contributed by atoms with Crippen LogP contribution in [0.25, 0.3) is 0 Å². The van der Waals surface area contributed by atoms with Crippen LogP contribution in [0.4, 0.5) is 4.79 Å². The molecular weight excluding hydrogens is 302 g/mol. The molecule has 0 bridgehead atoms. The molecule has 5 heteroatoms. The Bertz CT molecular complexity index is 504. The van der Waals surface area contributed by atoms with Gasteiger partial charge in [-0.1, -0.05) is 31.2 Å². The van der Waals surface area contributed by atoms with Gasteiger partial charge in [0.05, 0.1) is 6.61 Å². The number of urea groups is 1. The molecule has 2 atom stereocenters. The smallest absolute Gasteiger partial charge is 0.314 e. The summed E-state index contributed by atoms with van der Waals surface area (Å²) in [6.45, 7) is 8.11. The van der Waals surface area contributed by atoms with Crippen molar-refractivity contribution in [3.05, 3.63) is 35.4 Å². The second-order valence-electron chi connectivity index (χ2n) is 6.95. The second-order valence-corrected chi connectivity index (χ2v) is 6.95. The van der Waals surface area contributed by atoms with Crippen molar-refractivity contribution >= 4 is 6.03 Å². The number of carbonyl (C=O) groups excluding carboxylic acids is 1. The zero-order chi connectivity index (χ0) is 17.4. The van der Waals surface area contributed by atoms with Crippen LogP contribution in [-0.4, -0.2) is 48.3 Å². The average Bonchev–Trinajstić information content (AvgIpc) is 2.60. The lowest BCUT2D eigenvalue weighted by Crippen LogP contribution is -2.48. The minimum atomic E-state index is -0.0983. The van der Waals surface area contributed by atoms with Gasteiger partial charge >= 0.3 is 6.03 Å². The Morgan fingerprint density at radius 2 is 2.00 bits per heavy atom. The maximum Gasteiger partial charge on any atom is 0.314 e. The van der Waals surface area contributed by atoms with Crippen molar-refractivity contribution in [2.24, 2.45) is 5.92 Å². The molecule has 3 N–H and O–H groups in total. The second kappa shape index (κ2) is 9.64. The Hall–Kier alpha value is -1.59. The number of benzene rings is 1. The molecule has 5 nitrogen and oxygen atoms in total. The molecule has 2 amide bonds. The first-order valence-electron chi connectivity index (χ1n) is 9.03. The molecule has 0 spiro atoms. The van der Waals surface area contributed by atoms with Gasteiger partial charge in [0.2, 0.25) is 0 Å². The number of likely N-dealkylation sites (tertiary alicyclic amines) is 1. The zero-order valence-electron chi connectivity index (χ0n) is 14.9. The monoisotopic (exact) mass is 333 g/mol. The molecule has 0 radical (unpaired) electrons. The van der Waals surface area contributed by atoms with Crippen molar-refractivity contribution in [1.29, 1.82) is 0 Å². The number of carbonyl (C=O) groups is 1. The molecule has 1 aromatic rings. The number of amides is 2. The van der Waals surface area contributed by atoms with Crippen molar-refractivity contribution in [3.8, 4) is 0 Å². The molecule has 0 saturated carbocycles. The van der Waals surface area contributed by atoms with Crippen LogP contribution >= 0.6 is 0 Å². The molecule has 1 aliphatic heterocycles. The summed E-state index contributed by atoms with van der Waals surface area (Å²) in [7, 11) is 0. The number of nitrogens with zero attached hydrogens (tertiary/aromatic N) is 1. The van der Waals surface area contributed by atoms with E-state index in [0.29, 0.717) is 19.1 Å². The number of piperidine rings is 1. The van der Waals surface area contributed by atoms with Crippen LogP contribution < -0.4 is 10.6 Å². The van der Waals surface area contributed by atoms with E-state index in [1.807, 2.05) is 24.3 Å². The number of nitrogens with one attached hydrogen (secondary N) is 2. The Labute approximate surface area is 145 Å². The van der Waals surface area contributed by atoms with Crippen LogP contribution in [0.1, 0.15) is 37.8 Å². The normalized spacial score (nSPS) is 19.7. The first kappa shape index (κ1) is 18.7. The quantitative estimate of drug-likeness (QED) is 0.716. The predicted octanol–water partition coefficient (Wildman–Crippen LogP) is 2.14. The molecule has 1 fully saturated rings. The highest BCUT2D eigenvalue weighted by atomic mass is 16.3. The predicted molar refractivity (Wildman–Crippen MR) is 96.9 cm³/mol. The molecule has 1 heterocycles. The minimum absolute atomic E-state index is 0.0644. The average molecular weight is 333 g/mol. The van der Waals surface area contributed by atoms with Gasteiger partial charge in [0.15, 0.2) is 0 Å². The Morgan fingerprint density at radius 1 is 1.29 bits per heavy atom. The first-order valence-corrected chi connectivity index (χ1v) is 9.03. The van der Waals surface area contributed by atoms with Crippen LogP contribution in [0.15, 0.2) is 24.3 Å². The van der Waals surface area contributed by atoms with Gasteiger partial charge in [0.25, 0.3) is 0 Å². The van der Waals surface area contributed by atoms with E-state index in [1.54, 1.807) is 0 Å². The minimum Gasteiger partial charge on any atom is -0.392 e. The number of hydrogen-bond acceptors (Lipinski definition) is 3. The molecule has 1 aromatic carbocycles. The van der Waals surface area contributed by atoms with Gasteiger partial charge in [-0.05, 0) is 49.8 Å². The topological polar surface area (TPSA) is 64.6 Å². The Kier molecular flexibility index (Phi) is 7.53. The molecule has 2 unspecified atom stereocenters. The fourth-order valence-corrected chi connectivity index (χ4v) is 3.19. The van der Waals surface area contributed by atoms with Crippen molar-refractivity contribution in [1.82, 2.24) is 15.5 Å². The van der Waals surface area contributed by atoms with Gasteiger partial charge in [-0.3, -0.25) is 4.90 Å².